The van der Waals surface area contributed by atoms with Gasteiger partial charge < -0.3 is 24.5 Å². The molecule has 3 atom stereocenters. The lowest BCUT2D eigenvalue weighted by atomic mass is 10.1. The van der Waals surface area contributed by atoms with E-state index in [1.54, 1.807) is 25.3 Å². The van der Waals surface area contributed by atoms with Gasteiger partial charge in [-0.3, -0.25) is 4.79 Å². The standard InChI is InChI=1S/C26H28F2N6O2/c1-4-33-19(10-13-5-7-16(23(27)28)30-24(13)33)25-31-17-9-15(11-20(36-3)22(17)32(25)2)26(35)34-12-14-6-8-18(34)21(14)29/h5,7,9-11,14,18,21,23H,4,6,8,12,29H2,1-3H3/t14-,18-,21-/m1/s1. The normalized spacial score (nSPS) is 21.4. The van der Waals surface area contributed by atoms with Gasteiger partial charge in [0, 0.05) is 43.2 Å². The summed E-state index contributed by atoms with van der Waals surface area (Å²) >= 11 is 0. The number of aromatic nitrogens is 4. The molecule has 1 saturated heterocycles. The second-order valence-corrected chi connectivity index (χ2v) is 9.70. The Balaban J connectivity index is 1.47. The van der Waals surface area contributed by atoms with Crippen LogP contribution in [0.25, 0.3) is 33.6 Å². The van der Waals surface area contributed by atoms with Crippen LogP contribution in [-0.2, 0) is 13.6 Å². The molecule has 8 nitrogen and oxygen atoms in total. The lowest BCUT2D eigenvalue weighted by Crippen LogP contribution is -2.41. The zero-order valence-corrected chi connectivity index (χ0v) is 20.4. The molecule has 2 aliphatic rings. The van der Waals surface area contributed by atoms with Crippen LogP contribution in [0.3, 0.4) is 0 Å². The molecule has 6 rings (SSSR count). The lowest BCUT2D eigenvalue weighted by molar-refractivity contribution is 0.0700. The summed E-state index contributed by atoms with van der Waals surface area (Å²) in [5.74, 6) is 1.48. The van der Waals surface area contributed by atoms with Crippen molar-refractivity contribution in [1.82, 2.24) is 24.0 Å². The number of pyridine rings is 1. The molecule has 1 amide bonds. The van der Waals surface area contributed by atoms with E-state index in [0.29, 0.717) is 47.3 Å². The van der Waals surface area contributed by atoms with Crippen molar-refractivity contribution in [2.24, 2.45) is 18.7 Å². The van der Waals surface area contributed by atoms with Gasteiger partial charge in [0.2, 0.25) is 0 Å². The van der Waals surface area contributed by atoms with Crippen LogP contribution in [-0.4, -0.2) is 55.6 Å². The van der Waals surface area contributed by atoms with Crippen molar-refractivity contribution in [2.45, 2.75) is 44.8 Å². The first kappa shape index (κ1) is 22.9. The Hall–Kier alpha value is -3.53. The van der Waals surface area contributed by atoms with Crippen LogP contribution in [0.2, 0.25) is 0 Å². The Morgan fingerprint density at radius 1 is 1.22 bits per heavy atom. The van der Waals surface area contributed by atoms with E-state index in [-0.39, 0.29) is 23.7 Å². The molecule has 2 bridgehead atoms. The average Bonchev–Trinajstić information content (AvgIpc) is 3.61. The van der Waals surface area contributed by atoms with E-state index in [1.165, 1.54) is 6.07 Å². The first-order valence-electron chi connectivity index (χ1n) is 12.2. The van der Waals surface area contributed by atoms with Gasteiger partial charge in [-0.05, 0) is 56.0 Å². The van der Waals surface area contributed by atoms with Gasteiger partial charge in [-0.1, -0.05) is 0 Å². The van der Waals surface area contributed by atoms with Gasteiger partial charge in [0.25, 0.3) is 12.3 Å². The molecule has 36 heavy (non-hydrogen) atoms. The summed E-state index contributed by atoms with van der Waals surface area (Å²) in [6, 6.07) is 8.60. The quantitative estimate of drug-likeness (QED) is 0.451. The third kappa shape index (κ3) is 3.23. The number of imidazole rings is 1. The number of piperidine rings is 1. The Morgan fingerprint density at radius 3 is 2.67 bits per heavy atom. The Bertz CT molecular complexity index is 1510. The number of hydrogen-bond acceptors (Lipinski definition) is 5. The number of hydrogen-bond donors (Lipinski definition) is 1. The third-order valence-corrected chi connectivity index (χ3v) is 7.85. The molecule has 3 aromatic heterocycles. The van der Waals surface area contributed by atoms with Crippen molar-refractivity contribution in [3.63, 3.8) is 0 Å². The maximum atomic E-state index is 13.5. The summed E-state index contributed by atoms with van der Waals surface area (Å²) in [4.78, 5) is 24.4. The number of amides is 1. The van der Waals surface area contributed by atoms with Crippen LogP contribution in [0.1, 0.15) is 42.2 Å². The molecule has 4 aromatic rings. The second-order valence-electron chi connectivity index (χ2n) is 9.70. The van der Waals surface area contributed by atoms with E-state index in [4.69, 9.17) is 15.5 Å². The number of nitrogens with two attached hydrogens (primary N) is 1. The van der Waals surface area contributed by atoms with Gasteiger partial charge >= 0.3 is 0 Å². The number of fused-ring (bicyclic) bond motifs is 4. The molecular formula is C26H28F2N6O2. The molecule has 1 aromatic carbocycles. The minimum absolute atomic E-state index is 0.0381. The molecule has 1 saturated carbocycles. The van der Waals surface area contributed by atoms with Crippen LogP contribution < -0.4 is 10.5 Å². The van der Waals surface area contributed by atoms with Crippen molar-refractivity contribution in [3.8, 4) is 17.3 Å². The minimum atomic E-state index is -2.64. The molecule has 1 aliphatic carbocycles. The van der Waals surface area contributed by atoms with Crippen molar-refractivity contribution < 1.29 is 18.3 Å². The smallest absolute Gasteiger partial charge is 0.280 e. The van der Waals surface area contributed by atoms with Gasteiger partial charge in [-0.2, -0.15) is 0 Å². The number of rotatable bonds is 5. The zero-order chi connectivity index (χ0) is 25.3. The number of carbonyl (C=O) groups excluding carboxylic acids is 1. The summed E-state index contributed by atoms with van der Waals surface area (Å²) in [6.07, 6.45) is -0.636. The Morgan fingerprint density at radius 2 is 2.03 bits per heavy atom. The maximum Gasteiger partial charge on any atom is 0.280 e. The largest absolute Gasteiger partial charge is 0.494 e. The van der Waals surface area contributed by atoms with E-state index in [9.17, 15) is 13.6 Å². The number of nitrogens with zero attached hydrogens (tertiary/aromatic N) is 5. The molecule has 1 aliphatic heterocycles. The third-order valence-electron chi connectivity index (χ3n) is 7.85. The monoisotopic (exact) mass is 494 g/mol. The average molecular weight is 495 g/mol. The second kappa shape index (κ2) is 8.26. The molecular weight excluding hydrogens is 466 g/mol. The number of methoxy groups -OCH3 is 1. The predicted octanol–water partition coefficient (Wildman–Crippen LogP) is 4.12. The molecule has 4 heterocycles. The SMILES string of the molecule is CCn1c(-c2nc3cc(C(=O)N4C[C@H]5CC[C@@H]4[C@@H]5N)cc(OC)c3n2C)cc2ccc(C(F)F)nc21. The van der Waals surface area contributed by atoms with Crippen molar-refractivity contribution in [1.29, 1.82) is 0 Å². The van der Waals surface area contributed by atoms with Crippen LogP contribution in [0.5, 0.6) is 5.75 Å². The number of carbonyl (C=O) groups is 1. The number of alkyl halides is 2. The predicted molar refractivity (Wildman–Crippen MR) is 132 cm³/mol. The number of ether oxygens (including phenoxy) is 1. The van der Waals surface area contributed by atoms with Crippen LogP contribution >= 0.6 is 0 Å². The summed E-state index contributed by atoms with van der Waals surface area (Å²) in [5.41, 5.74) is 9.20. The molecule has 188 valence electrons. The topological polar surface area (TPSA) is 91.2 Å². The van der Waals surface area contributed by atoms with E-state index in [1.807, 2.05) is 34.1 Å². The summed E-state index contributed by atoms with van der Waals surface area (Å²) < 4.78 is 36.1. The first-order valence-corrected chi connectivity index (χ1v) is 12.2. The Kier molecular flexibility index (Phi) is 5.26. The lowest BCUT2D eigenvalue weighted by Gasteiger charge is -2.27. The van der Waals surface area contributed by atoms with E-state index in [2.05, 4.69) is 4.98 Å². The van der Waals surface area contributed by atoms with Crippen LogP contribution in [0.15, 0.2) is 30.3 Å². The van der Waals surface area contributed by atoms with Crippen molar-refractivity contribution in [2.75, 3.05) is 13.7 Å². The Labute approximate surface area is 206 Å². The van der Waals surface area contributed by atoms with Gasteiger partial charge in [-0.25, -0.2) is 18.7 Å². The summed E-state index contributed by atoms with van der Waals surface area (Å²) in [6.45, 7) is 3.15. The molecule has 0 unspecified atom stereocenters. The summed E-state index contributed by atoms with van der Waals surface area (Å²) in [7, 11) is 3.45. The fourth-order valence-electron chi connectivity index (χ4n) is 6.04. The van der Waals surface area contributed by atoms with Crippen LogP contribution in [0, 0.1) is 5.92 Å². The fourth-order valence-corrected chi connectivity index (χ4v) is 6.04. The highest BCUT2D eigenvalue weighted by molar-refractivity contribution is 6.00. The molecule has 0 spiro atoms. The van der Waals surface area contributed by atoms with E-state index < -0.39 is 6.43 Å². The van der Waals surface area contributed by atoms with Crippen molar-refractivity contribution in [3.05, 3.63) is 41.6 Å². The summed E-state index contributed by atoms with van der Waals surface area (Å²) in [5, 5.41) is 0.756. The van der Waals surface area contributed by atoms with Crippen LogP contribution in [0.4, 0.5) is 8.78 Å². The molecule has 2 N–H and O–H groups in total. The zero-order valence-electron chi connectivity index (χ0n) is 20.4. The molecule has 2 fully saturated rings. The maximum absolute atomic E-state index is 13.5. The van der Waals surface area contributed by atoms with Gasteiger partial charge in [0.15, 0.2) is 5.82 Å². The van der Waals surface area contributed by atoms with Gasteiger partial charge in [0.05, 0.1) is 18.3 Å². The number of halogens is 2. The van der Waals surface area contributed by atoms with E-state index >= 15 is 0 Å². The van der Waals surface area contributed by atoms with Crippen molar-refractivity contribution >= 4 is 28.0 Å². The first-order chi connectivity index (χ1) is 17.3. The van der Waals surface area contributed by atoms with Gasteiger partial charge in [-0.15, -0.1) is 0 Å². The fraction of sp³-hybridized carbons (Fsp3) is 0.423. The highest BCUT2D eigenvalue weighted by Gasteiger charge is 2.47. The van der Waals surface area contributed by atoms with Gasteiger partial charge in [0.1, 0.15) is 22.6 Å². The number of benzene rings is 1. The minimum Gasteiger partial charge on any atom is -0.494 e. The molecule has 10 heteroatoms. The van der Waals surface area contributed by atoms with E-state index in [0.717, 1.165) is 29.4 Å². The molecule has 0 radical (unpaired) electrons. The highest BCUT2D eigenvalue weighted by atomic mass is 19.3. The number of aryl methyl sites for hydroxylation is 2. The number of likely N-dealkylation sites (tertiary alicyclic amines) is 1. The highest BCUT2D eigenvalue weighted by Crippen LogP contribution is 2.39.